The summed E-state index contributed by atoms with van der Waals surface area (Å²) in [6, 6.07) is 8.37. The molecule has 0 aliphatic carbocycles. The van der Waals surface area contributed by atoms with Crippen molar-refractivity contribution in [2.24, 2.45) is 4.99 Å². The van der Waals surface area contributed by atoms with Crippen molar-refractivity contribution in [1.82, 2.24) is 9.78 Å². The van der Waals surface area contributed by atoms with Crippen molar-refractivity contribution < 1.29 is 19.0 Å². The summed E-state index contributed by atoms with van der Waals surface area (Å²) >= 11 is 0. The Balaban J connectivity index is 2.69. The highest BCUT2D eigenvalue weighted by Gasteiger charge is 2.24. The highest BCUT2D eigenvalue weighted by molar-refractivity contribution is 6.18. The van der Waals surface area contributed by atoms with E-state index >= 15 is 0 Å². The number of hydrogen-bond donors (Lipinski definition) is 0. The summed E-state index contributed by atoms with van der Waals surface area (Å²) in [5.74, 6) is 0.0586. The normalized spacial score (nSPS) is 13.7. The molecule has 0 spiro atoms. The molecule has 1 atom stereocenters. The van der Waals surface area contributed by atoms with Crippen LogP contribution >= 0.6 is 0 Å². The molecule has 0 aliphatic heterocycles. The van der Waals surface area contributed by atoms with E-state index in [1.165, 1.54) is 12.7 Å². The van der Waals surface area contributed by atoms with E-state index in [4.69, 9.17) is 14.2 Å². The first-order valence-corrected chi connectivity index (χ1v) is 11.2. The zero-order chi connectivity index (χ0) is 24.8. The lowest BCUT2D eigenvalue weighted by Gasteiger charge is -2.22. The number of allylic oxidation sites excluding steroid dienone is 1. The molecule has 180 valence electrons. The second-order valence-corrected chi connectivity index (χ2v) is 8.94. The van der Waals surface area contributed by atoms with E-state index in [0.717, 1.165) is 28.1 Å². The SMILES string of the molecule is CCn1nc(C)c(C)c1/C(OC(C)OC(=O)COC)=C(\C=NC)c1ccc(C(C)(C)C)cc1. The molecule has 0 radical (unpaired) electrons. The number of benzene rings is 1. The van der Waals surface area contributed by atoms with Crippen molar-refractivity contribution in [3.05, 3.63) is 52.3 Å². The van der Waals surface area contributed by atoms with Crippen molar-refractivity contribution in [1.29, 1.82) is 0 Å². The monoisotopic (exact) mass is 455 g/mol. The van der Waals surface area contributed by atoms with Gasteiger partial charge in [-0.2, -0.15) is 5.10 Å². The van der Waals surface area contributed by atoms with E-state index in [1.807, 2.05) is 25.5 Å². The lowest BCUT2D eigenvalue weighted by Crippen LogP contribution is -2.22. The summed E-state index contributed by atoms with van der Waals surface area (Å²) in [6.07, 6.45) is 0.934. The van der Waals surface area contributed by atoms with Gasteiger partial charge in [-0.05, 0) is 37.3 Å². The van der Waals surface area contributed by atoms with E-state index in [1.54, 1.807) is 20.2 Å². The molecule has 0 amide bonds. The lowest BCUT2D eigenvalue weighted by molar-refractivity contribution is -0.168. The Morgan fingerprint density at radius 1 is 1.18 bits per heavy atom. The molecule has 2 aromatic rings. The van der Waals surface area contributed by atoms with Crippen LogP contribution in [0.3, 0.4) is 0 Å². The van der Waals surface area contributed by atoms with Crippen molar-refractivity contribution in [2.45, 2.75) is 66.7 Å². The predicted molar refractivity (Wildman–Crippen MR) is 132 cm³/mol. The smallest absolute Gasteiger partial charge is 0.335 e. The average molecular weight is 456 g/mol. The molecule has 0 saturated carbocycles. The molecule has 1 heterocycles. The number of aromatic nitrogens is 2. The molecule has 1 aromatic heterocycles. The number of hydrogen-bond acceptors (Lipinski definition) is 6. The third-order valence-corrected chi connectivity index (χ3v) is 5.35. The minimum absolute atomic E-state index is 0.0409. The summed E-state index contributed by atoms with van der Waals surface area (Å²) in [4.78, 5) is 16.3. The number of rotatable bonds is 9. The van der Waals surface area contributed by atoms with Crippen LogP contribution in [0.4, 0.5) is 0 Å². The Bertz CT molecular complexity index is 1010. The molecule has 7 heteroatoms. The zero-order valence-electron chi connectivity index (χ0n) is 21.4. The molecule has 0 saturated heterocycles. The molecule has 0 N–H and O–H groups in total. The first-order chi connectivity index (χ1) is 15.5. The topological polar surface area (TPSA) is 74.9 Å². The van der Waals surface area contributed by atoms with Crippen LogP contribution in [0.1, 0.15) is 62.7 Å². The van der Waals surface area contributed by atoms with E-state index < -0.39 is 12.3 Å². The molecule has 1 aromatic carbocycles. The van der Waals surface area contributed by atoms with Gasteiger partial charge in [0.15, 0.2) is 5.76 Å². The van der Waals surface area contributed by atoms with E-state index in [2.05, 4.69) is 55.1 Å². The third-order valence-electron chi connectivity index (χ3n) is 5.35. The van der Waals surface area contributed by atoms with Gasteiger partial charge >= 0.3 is 5.97 Å². The van der Waals surface area contributed by atoms with Crippen molar-refractivity contribution in [3.8, 4) is 0 Å². The molecule has 0 bridgehead atoms. The fourth-order valence-corrected chi connectivity index (χ4v) is 3.50. The molecular weight excluding hydrogens is 418 g/mol. The summed E-state index contributed by atoms with van der Waals surface area (Å²) in [7, 11) is 3.17. The number of carbonyl (C=O) groups excluding carboxylic acids is 1. The van der Waals surface area contributed by atoms with Crippen LogP contribution in [0.15, 0.2) is 29.3 Å². The van der Waals surface area contributed by atoms with E-state index in [9.17, 15) is 4.79 Å². The van der Waals surface area contributed by atoms with Crippen LogP contribution in [0, 0.1) is 13.8 Å². The zero-order valence-corrected chi connectivity index (χ0v) is 21.4. The number of ether oxygens (including phenoxy) is 3. The van der Waals surface area contributed by atoms with Crippen LogP contribution in [-0.2, 0) is 31.0 Å². The predicted octanol–water partition coefficient (Wildman–Crippen LogP) is 4.94. The molecule has 0 fully saturated rings. The maximum atomic E-state index is 12.0. The maximum absolute atomic E-state index is 12.0. The number of aryl methyl sites for hydroxylation is 2. The van der Waals surface area contributed by atoms with Crippen LogP contribution in [0.25, 0.3) is 11.3 Å². The quantitative estimate of drug-likeness (QED) is 0.232. The van der Waals surface area contributed by atoms with Crippen molar-refractivity contribution in [2.75, 3.05) is 20.8 Å². The summed E-state index contributed by atoms with van der Waals surface area (Å²) in [5.41, 5.74) is 5.74. The van der Waals surface area contributed by atoms with Gasteiger partial charge < -0.3 is 14.2 Å². The fourth-order valence-electron chi connectivity index (χ4n) is 3.50. The van der Waals surface area contributed by atoms with E-state index in [0.29, 0.717) is 12.3 Å². The maximum Gasteiger partial charge on any atom is 0.335 e. The van der Waals surface area contributed by atoms with Gasteiger partial charge in [0.2, 0.25) is 6.29 Å². The molecule has 33 heavy (non-hydrogen) atoms. The van der Waals surface area contributed by atoms with Gasteiger partial charge in [0.25, 0.3) is 0 Å². The van der Waals surface area contributed by atoms with Gasteiger partial charge in [-0.15, -0.1) is 0 Å². The number of methoxy groups -OCH3 is 1. The van der Waals surface area contributed by atoms with Crippen LogP contribution in [-0.4, -0.2) is 49.0 Å². The van der Waals surface area contributed by atoms with Crippen LogP contribution < -0.4 is 0 Å². The first kappa shape index (κ1) is 26.3. The second kappa shape index (κ2) is 11.3. The van der Waals surface area contributed by atoms with Gasteiger partial charge in [0, 0.05) is 45.0 Å². The number of aliphatic imine (C=N–C) groups is 1. The van der Waals surface area contributed by atoms with Crippen LogP contribution in [0.5, 0.6) is 0 Å². The van der Waals surface area contributed by atoms with Crippen molar-refractivity contribution >= 4 is 23.5 Å². The van der Waals surface area contributed by atoms with Gasteiger partial charge in [-0.1, -0.05) is 45.0 Å². The molecule has 7 nitrogen and oxygen atoms in total. The van der Waals surface area contributed by atoms with E-state index in [-0.39, 0.29) is 12.0 Å². The first-order valence-electron chi connectivity index (χ1n) is 11.2. The Morgan fingerprint density at radius 3 is 2.33 bits per heavy atom. The van der Waals surface area contributed by atoms with Crippen LogP contribution in [0.2, 0.25) is 0 Å². The summed E-state index contributed by atoms with van der Waals surface area (Å²) < 4.78 is 18.5. The minimum Gasteiger partial charge on any atom is -0.452 e. The lowest BCUT2D eigenvalue weighted by atomic mass is 9.86. The van der Waals surface area contributed by atoms with Gasteiger partial charge in [-0.25, -0.2) is 4.79 Å². The molecular formula is C26H37N3O4. The summed E-state index contributed by atoms with van der Waals surface area (Å²) in [6.45, 7) is 14.8. The number of carbonyl (C=O) groups is 1. The Kier molecular flexibility index (Phi) is 8.99. The molecule has 2 rings (SSSR count). The van der Waals surface area contributed by atoms with Gasteiger partial charge in [0.05, 0.1) is 5.69 Å². The molecule has 0 aliphatic rings. The number of nitrogens with zero attached hydrogens (tertiary/aromatic N) is 3. The standard InChI is InChI=1S/C26H37N3O4/c1-10-29-24(17(2)18(3)28-29)25(33-19(4)32-23(30)16-31-9)22(15-27-8)20-11-13-21(14-12-20)26(5,6)7/h11-15,19H,10,16H2,1-9H3/b25-22-,27-15?. The highest BCUT2D eigenvalue weighted by Crippen LogP contribution is 2.32. The summed E-state index contributed by atoms with van der Waals surface area (Å²) in [5, 5.41) is 4.66. The third kappa shape index (κ3) is 6.54. The van der Waals surface area contributed by atoms with Gasteiger partial charge in [0.1, 0.15) is 12.3 Å². The second-order valence-electron chi connectivity index (χ2n) is 8.94. The average Bonchev–Trinajstić information content (AvgIpc) is 3.04. The Morgan fingerprint density at radius 2 is 1.82 bits per heavy atom. The Hall–Kier alpha value is -2.93. The number of esters is 1. The molecule has 1 unspecified atom stereocenters. The minimum atomic E-state index is -0.836. The largest absolute Gasteiger partial charge is 0.452 e. The highest BCUT2D eigenvalue weighted by atomic mass is 16.7. The van der Waals surface area contributed by atoms with Gasteiger partial charge in [-0.3, -0.25) is 9.67 Å². The fraction of sp³-hybridized carbons (Fsp3) is 0.500. The van der Waals surface area contributed by atoms with Crippen molar-refractivity contribution in [3.63, 3.8) is 0 Å². The Labute approximate surface area is 197 Å².